The third-order valence-corrected chi connectivity index (χ3v) is 6.80. The van der Waals surface area contributed by atoms with Crippen LogP contribution in [0.5, 0.6) is 0 Å². The monoisotopic (exact) mass is 473 g/mol. The number of amides is 2. The smallest absolute Gasteiger partial charge is 0.331 e. The molecule has 1 rings (SSSR count). The van der Waals surface area contributed by atoms with Crippen LogP contribution < -0.4 is 10.6 Å². The Morgan fingerprint density at radius 2 is 1.68 bits per heavy atom. The van der Waals surface area contributed by atoms with Crippen LogP contribution in [0.2, 0.25) is 0 Å². The third-order valence-electron chi connectivity index (χ3n) is 6.80. The van der Waals surface area contributed by atoms with Gasteiger partial charge in [-0.3, -0.25) is 9.59 Å². The Bertz CT molecular complexity index is 864. The van der Waals surface area contributed by atoms with E-state index in [-0.39, 0.29) is 29.2 Å². The van der Waals surface area contributed by atoms with Gasteiger partial charge in [-0.25, -0.2) is 4.79 Å². The molecule has 0 aliphatic heterocycles. The second kappa shape index (κ2) is 12.7. The first kappa shape index (κ1) is 29.4. The highest BCUT2D eigenvalue weighted by Crippen LogP contribution is 2.27. The number of carboxylic acid groups (broad SMARTS) is 1. The van der Waals surface area contributed by atoms with Crippen molar-refractivity contribution in [2.75, 3.05) is 14.1 Å². The number of carbonyl (C=O) groups is 3. The Morgan fingerprint density at radius 3 is 2.12 bits per heavy atom. The van der Waals surface area contributed by atoms with Crippen molar-refractivity contribution in [1.29, 1.82) is 0 Å². The van der Waals surface area contributed by atoms with Crippen molar-refractivity contribution >= 4 is 17.8 Å². The van der Waals surface area contributed by atoms with Crippen LogP contribution in [0.15, 0.2) is 42.0 Å². The molecule has 1 aromatic carbocycles. The average Bonchev–Trinajstić information content (AvgIpc) is 2.79. The summed E-state index contributed by atoms with van der Waals surface area (Å²) in [5, 5.41) is 15.5. The summed E-state index contributed by atoms with van der Waals surface area (Å²) in [5.41, 5.74) is 0.682. The van der Waals surface area contributed by atoms with Crippen LogP contribution in [0.1, 0.15) is 60.5 Å². The van der Waals surface area contributed by atoms with Crippen LogP contribution in [-0.4, -0.2) is 60.0 Å². The van der Waals surface area contributed by atoms with Crippen LogP contribution in [0, 0.1) is 11.8 Å². The number of carboxylic acids is 1. The number of hydrogen-bond donors (Lipinski definition) is 3. The maximum Gasteiger partial charge on any atom is 0.331 e. The van der Waals surface area contributed by atoms with Crippen LogP contribution >= 0.6 is 0 Å². The van der Waals surface area contributed by atoms with Gasteiger partial charge in [-0.1, -0.05) is 84.4 Å². The van der Waals surface area contributed by atoms with Crippen molar-refractivity contribution in [2.45, 2.75) is 78.4 Å². The molecule has 0 bridgehead atoms. The molecule has 0 heterocycles. The van der Waals surface area contributed by atoms with Gasteiger partial charge in [0.25, 0.3) is 0 Å². The minimum atomic E-state index is -1.02. The van der Waals surface area contributed by atoms with E-state index >= 15 is 0 Å². The predicted molar refractivity (Wildman–Crippen MR) is 136 cm³/mol. The molecule has 0 radical (unpaired) electrons. The minimum absolute atomic E-state index is 0.00129. The fourth-order valence-electron chi connectivity index (χ4n) is 4.22. The van der Waals surface area contributed by atoms with Gasteiger partial charge in [0.1, 0.15) is 6.04 Å². The Morgan fingerprint density at radius 1 is 1.12 bits per heavy atom. The summed E-state index contributed by atoms with van der Waals surface area (Å²) < 4.78 is 0. The molecule has 190 valence electrons. The van der Waals surface area contributed by atoms with Gasteiger partial charge in [0.05, 0.1) is 12.1 Å². The van der Waals surface area contributed by atoms with Gasteiger partial charge in [0.2, 0.25) is 11.8 Å². The lowest BCUT2D eigenvalue weighted by Crippen LogP contribution is -2.60. The van der Waals surface area contributed by atoms with Crippen LogP contribution in [0.4, 0.5) is 0 Å². The van der Waals surface area contributed by atoms with Gasteiger partial charge in [-0.2, -0.15) is 0 Å². The maximum atomic E-state index is 13.6. The Labute approximate surface area is 205 Å². The largest absolute Gasteiger partial charge is 0.478 e. The first-order chi connectivity index (χ1) is 15.8. The van der Waals surface area contributed by atoms with Crippen molar-refractivity contribution in [3.05, 3.63) is 47.5 Å². The molecule has 2 amide bonds. The lowest BCUT2D eigenvalue weighted by molar-refractivity contribution is -0.139. The van der Waals surface area contributed by atoms with E-state index in [0.29, 0.717) is 6.42 Å². The average molecular weight is 474 g/mol. The number of rotatable bonds is 12. The summed E-state index contributed by atoms with van der Waals surface area (Å²) >= 11 is 0. The molecule has 7 nitrogen and oxygen atoms in total. The first-order valence-electron chi connectivity index (χ1n) is 12.0. The van der Waals surface area contributed by atoms with Gasteiger partial charge < -0.3 is 20.6 Å². The number of likely N-dealkylation sites (N-methyl/N-ethyl adjacent to an activating group) is 2. The molecule has 0 aliphatic rings. The highest BCUT2D eigenvalue weighted by Gasteiger charge is 2.39. The minimum Gasteiger partial charge on any atom is -0.478 e. The van der Waals surface area contributed by atoms with E-state index in [1.165, 1.54) is 6.92 Å². The quantitative estimate of drug-likeness (QED) is 0.403. The van der Waals surface area contributed by atoms with Crippen molar-refractivity contribution < 1.29 is 19.5 Å². The van der Waals surface area contributed by atoms with E-state index in [1.54, 1.807) is 25.1 Å². The number of aliphatic carboxylic acids is 1. The number of nitrogens with one attached hydrogen (secondary N) is 2. The zero-order valence-corrected chi connectivity index (χ0v) is 22.2. The second-order valence-electron chi connectivity index (χ2n) is 10.0. The van der Waals surface area contributed by atoms with E-state index in [2.05, 4.69) is 10.6 Å². The van der Waals surface area contributed by atoms with Crippen molar-refractivity contribution in [3.63, 3.8) is 0 Å². The van der Waals surface area contributed by atoms with Crippen LogP contribution in [0.3, 0.4) is 0 Å². The molecule has 3 N–H and O–H groups in total. The maximum absolute atomic E-state index is 13.6. The molecule has 34 heavy (non-hydrogen) atoms. The molecule has 0 aliphatic carbocycles. The van der Waals surface area contributed by atoms with E-state index < -0.39 is 29.5 Å². The topological polar surface area (TPSA) is 98.7 Å². The highest BCUT2D eigenvalue weighted by atomic mass is 16.4. The molecule has 0 aromatic heterocycles. The standard InChI is InChI=1S/C27H43N3O4/c1-10-18(4)22(25(32)30(9)21(17(2)3)16-19(5)26(33)34)29-24(31)23(28-8)27(6,7)20-14-12-11-13-15-20/h11-18,21-23,28H,10H2,1-9H3,(H,29,31)(H,33,34)/b19-16+/t18?,21-,22+,23-/m1/s1. The zero-order chi connectivity index (χ0) is 26.2. The molecule has 7 heteroatoms. The summed E-state index contributed by atoms with van der Waals surface area (Å²) in [6.07, 6.45) is 2.31. The Balaban J connectivity index is 3.25. The zero-order valence-electron chi connectivity index (χ0n) is 22.2. The SMILES string of the molecule is CCC(C)[C@H](NC(=O)[C@@H](NC)C(C)(C)c1ccccc1)C(=O)N(C)[C@H](/C=C(\C)C(=O)O)C(C)C. The van der Waals surface area contributed by atoms with Crippen LogP contribution in [-0.2, 0) is 19.8 Å². The van der Waals surface area contributed by atoms with Crippen molar-refractivity contribution in [1.82, 2.24) is 15.5 Å². The molecule has 0 saturated heterocycles. The fraction of sp³-hybridized carbons (Fsp3) is 0.593. The number of hydrogen-bond acceptors (Lipinski definition) is 4. The molecular weight excluding hydrogens is 430 g/mol. The fourth-order valence-corrected chi connectivity index (χ4v) is 4.22. The van der Waals surface area contributed by atoms with E-state index in [9.17, 15) is 19.5 Å². The summed E-state index contributed by atoms with van der Waals surface area (Å²) in [6, 6.07) is 8.11. The number of nitrogens with zero attached hydrogens (tertiary/aromatic N) is 1. The Hall–Kier alpha value is -2.67. The second-order valence-corrected chi connectivity index (χ2v) is 10.0. The normalized spacial score (nSPS) is 15.9. The van der Waals surface area contributed by atoms with Gasteiger partial charge in [0.15, 0.2) is 0 Å². The molecule has 0 saturated carbocycles. The van der Waals surface area contributed by atoms with Crippen molar-refractivity contribution in [2.24, 2.45) is 11.8 Å². The first-order valence-corrected chi connectivity index (χ1v) is 12.0. The van der Waals surface area contributed by atoms with E-state index in [4.69, 9.17) is 0 Å². The lowest BCUT2D eigenvalue weighted by Gasteiger charge is -2.37. The van der Waals surface area contributed by atoms with Crippen molar-refractivity contribution in [3.8, 4) is 0 Å². The molecule has 4 atom stereocenters. The Kier molecular flexibility index (Phi) is 11.0. The summed E-state index contributed by atoms with van der Waals surface area (Å²) in [7, 11) is 3.42. The van der Waals surface area contributed by atoms with Crippen LogP contribution in [0.25, 0.3) is 0 Å². The molecule has 1 unspecified atom stereocenters. The third kappa shape index (κ3) is 7.16. The summed E-state index contributed by atoms with van der Waals surface area (Å²) in [5.74, 6) is -1.60. The van der Waals surface area contributed by atoms with Gasteiger partial charge in [0, 0.05) is 18.0 Å². The lowest BCUT2D eigenvalue weighted by atomic mass is 9.77. The predicted octanol–water partition coefficient (Wildman–Crippen LogP) is 3.60. The van der Waals surface area contributed by atoms with E-state index in [0.717, 1.165) is 5.56 Å². The van der Waals surface area contributed by atoms with E-state index in [1.807, 2.05) is 71.9 Å². The number of carbonyl (C=O) groups excluding carboxylic acids is 2. The molecule has 0 spiro atoms. The van der Waals surface area contributed by atoms with Gasteiger partial charge >= 0.3 is 5.97 Å². The summed E-state index contributed by atoms with van der Waals surface area (Å²) in [4.78, 5) is 40.0. The molecule has 0 fully saturated rings. The molecular formula is C27H43N3O4. The van der Waals surface area contributed by atoms with Gasteiger partial charge in [-0.15, -0.1) is 0 Å². The molecule has 1 aromatic rings. The highest BCUT2D eigenvalue weighted by molar-refractivity contribution is 5.91. The van der Waals surface area contributed by atoms with Gasteiger partial charge in [-0.05, 0) is 31.4 Å². The number of benzene rings is 1. The summed E-state index contributed by atoms with van der Waals surface area (Å²) in [6.45, 7) is 13.3.